The molecule has 2 aromatic heterocycles. The molecule has 0 aliphatic heterocycles. The van der Waals surface area contributed by atoms with Crippen molar-refractivity contribution in [2.24, 2.45) is 7.05 Å². The van der Waals surface area contributed by atoms with Crippen LogP contribution in [0.15, 0.2) is 54.2 Å². The lowest BCUT2D eigenvalue weighted by Crippen LogP contribution is -2.32. The summed E-state index contributed by atoms with van der Waals surface area (Å²) >= 11 is 7.90. The maximum Gasteiger partial charge on any atom is 0.226 e. The van der Waals surface area contributed by atoms with Gasteiger partial charge in [-0.15, -0.1) is 11.3 Å². The molecule has 1 N–H and O–H groups in total. The van der Waals surface area contributed by atoms with E-state index in [0.29, 0.717) is 11.4 Å². The molecule has 0 saturated carbocycles. The molecule has 2 heterocycles. The molecule has 0 fully saturated rings. The molecular formula is C17H16ClN3OS. The van der Waals surface area contributed by atoms with Crippen molar-refractivity contribution in [2.45, 2.75) is 12.5 Å². The normalized spacial score (nSPS) is 12.1. The Kier molecular flexibility index (Phi) is 4.79. The molecule has 1 atom stereocenters. The molecule has 118 valence electrons. The zero-order chi connectivity index (χ0) is 16.2. The van der Waals surface area contributed by atoms with Crippen LogP contribution in [0, 0.1) is 0 Å². The number of hydrogen-bond acceptors (Lipinski definition) is 3. The van der Waals surface area contributed by atoms with Crippen LogP contribution in [0.4, 0.5) is 0 Å². The summed E-state index contributed by atoms with van der Waals surface area (Å²) in [6.07, 6.45) is 3.91. The van der Waals surface area contributed by atoms with E-state index in [-0.39, 0.29) is 11.9 Å². The molecule has 23 heavy (non-hydrogen) atoms. The summed E-state index contributed by atoms with van der Waals surface area (Å²) in [6, 6.07) is 11.0. The summed E-state index contributed by atoms with van der Waals surface area (Å²) in [5, 5.41) is 5.63. The van der Waals surface area contributed by atoms with Crippen LogP contribution in [0.3, 0.4) is 0 Å². The van der Waals surface area contributed by atoms with Gasteiger partial charge in [0.2, 0.25) is 5.91 Å². The predicted molar refractivity (Wildman–Crippen MR) is 92.7 cm³/mol. The smallest absolute Gasteiger partial charge is 0.226 e. The number of nitrogens with one attached hydrogen (secondary N) is 1. The van der Waals surface area contributed by atoms with E-state index in [9.17, 15) is 4.79 Å². The summed E-state index contributed by atoms with van der Waals surface area (Å²) in [5.41, 5.74) is 0.836. The SMILES string of the molecule is Cn1ccnc1C(NC(=O)Cc1cccs1)c1ccccc1Cl. The molecule has 4 nitrogen and oxygen atoms in total. The van der Waals surface area contributed by atoms with Gasteiger partial charge in [0, 0.05) is 34.9 Å². The van der Waals surface area contributed by atoms with Gasteiger partial charge in [-0.1, -0.05) is 35.9 Å². The molecule has 1 aromatic carbocycles. The average molecular weight is 346 g/mol. The van der Waals surface area contributed by atoms with Crippen molar-refractivity contribution in [2.75, 3.05) is 0 Å². The van der Waals surface area contributed by atoms with Crippen LogP contribution in [0.2, 0.25) is 5.02 Å². The van der Waals surface area contributed by atoms with E-state index < -0.39 is 0 Å². The minimum Gasteiger partial charge on any atom is -0.342 e. The van der Waals surface area contributed by atoms with Gasteiger partial charge in [0.05, 0.1) is 6.42 Å². The second kappa shape index (κ2) is 6.98. The Balaban J connectivity index is 1.88. The Morgan fingerprint density at radius 3 is 2.83 bits per heavy atom. The highest BCUT2D eigenvalue weighted by molar-refractivity contribution is 7.10. The third kappa shape index (κ3) is 3.63. The van der Waals surface area contributed by atoms with Crippen molar-refractivity contribution in [1.29, 1.82) is 0 Å². The van der Waals surface area contributed by atoms with Crippen molar-refractivity contribution in [1.82, 2.24) is 14.9 Å². The number of carbonyl (C=O) groups excluding carboxylic acids is 1. The minimum absolute atomic E-state index is 0.0552. The first-order valence-corrected chi connectivity index (χ1v) is 8.44. The fraction of sp³-hybridized carbons (Fsp3) is 0.176. The van der Waals surface area contributed by atoms with Crippen LogP contribution in [0.25, 0.3) is 0 Å². The fourth-order valence-corrected chi connectivity index (χ4v) is 3.38. The van der Waals surface area contributed by atoms with Gasteiger partial charge in [0.1, 0.15) is 11.9 Å². The van der Waals surface area contributed by atoms with Crippen LogP contribution >= 0.6 is 22.9 Å². The van der Waals surface area contributed by atoms with E-state index in [0.717, 1.165) is 16.3 Å². The Hall–Kier alpha value is -2.11. The van der Waals surface area contributed by atoms with Gasteiger partial charge in [0.15, 0.2) is 0 Å². The highest BCUT2D eigenvalue weighted by Crippen LogP contribution is 2.27. The molecule has 0 spiro atoms. The Labute approximate surface area is 143 Å². The zero-order valence-corrected chi connectivity index (χ0v) is 14.1. The number of benzene rings is 1. The standard InChI is InChI=1S/C17H16ClN3OS/c1-21-9-8-19-17(21)16(13-6-2-3-7-14(13)18)20-15(22)11-12-5-4-10-23-12/h2-10,16H,11H2,1H3,(H,20,22). The number of hydrogen-bond donors (Lipinski definition) is 1. The molecule has 3 aromatic rings. The quantitative estimate of drug-likeness (QED) is 0.768. The second-order valence-corrected chi connectivity index (χ2v) is 6.61. The van der Waals surface area contributed by atoms with Crippen LogP contribution in [0.1, 0.15) is 22.3 Å². The van der Waals surface area contributed by atoms with Crippen LogP contribution in [-0.2, 0) is 18.3 Å². The van der Waals surface area contributed by atoms with Gasteiger partial charge < -0.3 is 9.88 Å². The Morgan fingerprint density at radius 2 is 2.17 bits per heavy atom. The van der Waals surface area contributed by atoms with E-state index in [4.69, 9.17) is 11.6 Å². The summed E-state index contributed by atoms with van der Waals surface area (Å²) in [4.78, 5) is 17.8. The maximum absolute atomic E-state index is 12.4. The van der Waals surface area contributed by atoms with Gasteiger partial charge in [0.25, 0.3) is 0 Å². The molecule has 1 unspecified atom stereocenters. The molecule has 1 amide bonds. The Morgan fingerprint density at radius 1 is 1.35 bits per heavy atom. The lowest BCUT2D eigenvalue weighted by Gasteiger charge is -2.20. The first-order chi connectivity index (χ1) is 11.1. The molecule has 3 rings (SSSR count). The number of aryl methyl sites for hydroxylation is 1. The van der Waals surface area contributed by atoms with Gasteiger partial charge >= 0.3 is 0 Å². The monoisotopic (exact) mass is 345 g/mol. The molecular weight excluding hydrogens is 330 g/mol. The number of halogens is 1. The van der Waals surface area contributed by atoms with Gasteiger partial charge in [-0.2, -0.15) is 0 Å². The van der Waals surface area contributed by atoms with Gasteiger partial charge in [-0.25, -0.2) is 4.98 Å². The third-order valence-electron chi connectivity index (χ3n) is 3.55. The zero-order valence-electron chi connectivity index (χ0n) is 12.6. The highest BCUT2D eigenvalue weighted by atomic mass is 35.5. The summed E-state index contributed by atoms with van der Waals surface area (Å²) in [5.74, 6) is 0.693. The van der Waals surface area contributed by atoms with Crippen LogP contribution < -0.4 is 5.32 Å². The molecule has 0 saturated heterocycles. The number of rotatable bonds is 5. The fourth-order valence-electron chi connectivity index (χ4n) is 2.43. The molecule has 6 heteroatoms. The van der Waals surface area contributed by atoms with Crippen molar-refractivity contribution in [3.8, 4) is 0 Å². The van der Waals surface area contributed by atoms with E-state index in [1.165, 1.54) is 0 Å². The van der Waals surface area contributed by atoms with Crippen molar-refractivity contribution in [3.05, 3.63) is 75.5 Å². The number of nitrogens with zero attached hydrogens (tertiary/aromatic N) is 2. The maximum atomic E-state index is 12.4. The second-order valence-electron chi connectivity index (χ2n) is 5.17. The minimum atomic E-state index is -0.379. The molecule has 0 aliphatic carbocycles. The summed E-state index contributed by atoms with van der Waals surface area (Å²) in [7, 11) is 1.90. The first kappa shape index (κ1) is 15.8. The average Bonchev–Trinajstić information content (AvgIpc) is 3.17. The summed E-state index contributed by atoms with van der Waals surface area (Å²) in [6.45, 7) is 0. The van der Waals surface area contributed by atoms with Crippen molar-refractivity contribution in [3.63, 3.8) is 0 Å². The van der Waals surface area contributed by atoms with E-state index in [2.05, 4.69) is 10.3 Å². The number of aromatic nitrogens is 2. The Bertz CT molecular complexity index is 798. The van der Waals surface area contributed by atoms with Crippen molar-refractivity contribution >= 4 is 28.8 Å². The largest absolute Gasteiger partial charge is 0.342 e. The van der Waals surface area contributed by atoms with Gasteiger partial charge in [-0.05, 0) is 17.5 Å². The van der Waals surface area contributed by atoms with Crippen molar-refractivity contribution < 1.29 is 4.79 Å². The van der Waals surface area contributed by atoms with Crippen LogP contribution in [0.5, 0.6) is 0 Å². The number of amides is 1. The van der Waals surface area contributed by atoms with E-state index >= 15 is 0 Å². The van der Waals surface area contributed by atoms with E-state index in [1.54, 1.807) is 17.5 Å². The summed E-state index contributed by atoms with van der Waals surface area (Å²) < 4.78 is 1.89. The molecule has 0 bridgehead atoms. The first-order valence-electron chi connectivity index (χ1n) is 7.18. The highest BCUT2D eigenvalue weighted by Gasteiger charge is 2.22. The predicted octanol–water partition coefficient (Wildman–Crippen LogP) is 3.58. The van der Waals surface area contributed by atoms with Gasteiger partial charge in [-0.3, -0.25) is 4.79 Å². The topological polar surface area (TPSA) is 46.9 Å². The lowest BCUT2D eigenvalue weighted by atomic mass is 10.1. The number of thiophene rings is 1. The lowest BCUT2D eigenvalue weighted by molar-refractivity contribution is -0.120. The molecule has 0 radical (unpaired) electrons. The van der Waals surface area contributed by atoms with Crippen LogP contribution in [-0.4, -0.2) is 15.5 Å². The third-order valence-corrected chi connectivity index (χ3v) is 4.77. The number of imidazole rings is 1. The number of carbonyl (C=O) groups is 1. The molecule has 0 aliphatic rings. The van der Waals surface area contributed by atoms with E-state index in [1.807, 2.05) is 59.6 Å².